The lowest BCUT2D eigenvalue weighted by molar-refractivity contribution is -0.134. The van der Waals surface area contributed by atoms with Crippen LogP contribution >= 0.6 is 0 Å². The summed E-state index contributed by atoms with van der Waals surface area (Å²) in [5.74, 6) is 1.77. The van der Waals surface area contributed by atoms with Gasteiger partial charge in [-0.05, 0) is 49.2 Å². The Bertz CT molecular complexity index is 917. The van der Waals surface area contributed by atoms with Crippen LogP contribution in [0.4, 0.5) is 11.5 Å². The Hall–Kier alpha value is -3.41. The third kappa shape index (κ3) is 5.10. The zero-order chi connectivity index (χ0) is 19.9. The van der Waals surface area contributed by atoms with Crippen LogP contribution in [0.15, 0.2) is 73.1 Å². The number of rotatable bonds is 6. The Morgan fingerprint density at radius 3 is 2.69 bits per heavy atom. The van der Waals surface area contributed by atoms with E-state index in [1.807, 2.05) is 71.8 Å². The number of aromatic nitrogens is 2. The minimum atomic E-state index is 0.0204. The molecule has 3 aromatic rings. The molecule has 3 heterocycles. The second-order valence-corrected chi connectivity index (χ2v) is 7.09. The van der Waals surface area contributed by atoms with E-state index < -0.39 is 0 Å². The lowest BCUT2D eigenvalue weighted by Gasteiger charge is -2.32. The molecule has 148 valence electrons. The van der Waals surface area contributed by atoms with E-state index in [-0.39, 0.29) is 18.4 Å². The van der Waals surface area contributed by atoms with Gasteiger partial charge in [0.1, 0.15) is 11.6 Å². The average molecular weight is 388 g/mol. The first-order chi connectivity index (χ1) is 14.3. The summed E-state index contributed by atoms with van der Waals surface area (Å²) in [6.45, 7) is 1.51. The minimum absolute atomic E-state index is 0.0204. The number of carbonyl (C=O) groups is 1. The number of piperidine rings is 1. The Morgan fingerprint density at radius 1 is 1.07 bits per heavy atom. The number of amides is 1. The second-order valence-electron chi connectivity index (χ2n) is 7.09. The van der Waals surface area contributed by atoms with E-state index in [0.29, 0.717) is 12.3 Å². The molecule has 0 spiro atoms. The van der Waals surface area contributed by atoms with Gasteiger partial charge in [-0.2, -0.15) is 0 Å². The molecule has 1 aliphatic heterocycles. The van der Waals surface area contributed by atoms with Crippen molar-refractivity contribution < 1.29 is 9.53 Å². The molecule has 1 unspecified atom stereocenters. The van der Waals surface area contributed by atoms with Crippen molar-refractivity contribution >= 4 is 17.4 Å². The maximum absolute atomic E-state index is 12.6. The molecule has 4 rings (SSSR count). The molecule has 1 atom stereocenters. The van der Waals surface area contributed by atoms with Gasteiger partial charge in [-0.1, -0.05) is 24.3 Å². The summed E-state index contributed by atoms with van der Waals surface area (Å²) >= 11 is 0. The molecule has 1 aliphatic rings. The van der Waals surface area contributed by atoms with Crippen molar-refractivity contribution in [2.24, 2.45) is 0 Å². The Morgan fingerprint density at radius 2 is 1.93 bits per heavy atom. The lowest BCUT2D eigenvalue weighted by Crippen LogP contribution is -2.41. The van der Waals surface area contributed by atoms with Crippen LogP contribution < -0.4 is 10.1 Å². The molecule has 0 saturated carbocycles. The number of ether oxygens (including phenoxy) is 1. The molecule has 1 saturated heterocycles. The summed E-state index contributed by atoms with van der Waals surface area (Å²) in [4.78, 5) is 23.3. The molecule has 0 radical (unpaired) electrons. The predicted octanol–water partition coefficient (Wildman–Crippen LogP) is 4.01. The van der Waals surface area contributed by atoms with Crippen molar-refractivity contribution in [3.05, 3.63) is 78.8 Å². The number of anilines is 2. The molecule has 6 nitrogen and oxygen atoms in total. The number of nitrogens with zero attached hydrogens (tertiary/aromatic N) is 3. The number of benzene rings is 1. The maximum atomic E-state index is 12.6. The van der Waals surface area contributed by atoms with Crippen LogP contribution in [-0.2, 0) is 4.79 Å². The summed E-state index contributed by atoms with van der Waals surface area (Å²) < 4.78 is 5.61. The highest BCUT2D eigenvalue weighted by Crippen LogP contribution is 2.26. The van der Waals surface area contributed by atoms with Crippen LogP contribution in [0.2, 0.25) is 0 Å². The summed E-state index contributed by atoms with van der Waals surface area (Å²) in [6, 6.07) is 19.2. The number of hydrogen-bond acceptors (Lipinski definition) is 5. The molecule has 29 heavy (non-hydrogen) atoms. The summed E-state index contributed by atoms with van der Waals surface area (Å²) in [7, 11) is 0. The van der Waals surface area contributed by atoms with Crippen LogP contribution in [0, 0.1) is 0 Å². The standard InChI is InChI=1S/C23H24N4O2/c28-23(17-29-20-8-2-1-3-9-20)27-14-6-7-18(16-27)21-12-11-19(15-25-21)26-22-10-4-5-13-24-22/h1-5,8-13,15,18H,6-7,14,16-17H2,(H,24,26). The van der Waals surface area contributed by atoms with Gasteiger partial charge in [0.15, 0.2) is 6.61 Å². The fraction of sp³-hybridized carbons (Fsp3) is 0.261. The smallest absolute Gasteiger partial charge is 0.260 e. The van der Waals surface area contributed by atoms with E-state index >= 15 is 0 Å². The fourth-order valence-corrected chi connectivity index (χ4v) is 3.50. The van der Waals surface area contributed by atoms with E-state index in [1.165, 1.54) is 0 Å². The van der Waals surface area contributed by atoms with Gasteiger partial charge in [-0.3, -0.25) is 9.78 Å². The Labute approximate surface area is 170 Å². The van der Waals surface area contributed by atoms with Gasteiger partial charge in [0.25, 0.3) is 5.91 Å². The predicted molar refractivity (Wildman–Crippen MR) is 112 cm³/mol. The Balaban J connectivity index is 1.33. The van der Waals surface area contributed by atoms with Gasteiger partial charge >= 0.3 is 0 Å². The normalized spacial score (nSPS) is 16.3. The van der Waals surface area contributed by atoms with Crippen LogP contribution in [0.3, 0.4) is 0 Å². The van der Waals surface area contributed by atoms with Gasteiger partial charge in [0.05, 0.1) is 11.9 Å². The first-order valence-electron chi connectivity index (χ1n) is 9.87. The van der Waals surface area contributed by atoms with Gasteiger partial charge in [0.2, 0.25) is 0 Å². The van der Waals surface area contributed by atoms with E-state index in [1.54, 1.807) is 6.20 Å². The molecule has 1 aromatic carbocycles. The van der Waals surface area contributed by atoms with Crippen LogP contribution in [0.1, 0.15) is 24.5 Å². The topological polar surface area (TPSA) is 67.3 Å². The lowest BCUT2D eigenvalue weighted by atomic mass is 9.94. The van der Waals surface area contributed by atoms with Gasteiger partial charge < -0.3 is 15.0 Å². The molecule has 1 fully saturated rings. The second kappa shape index (κ2) is 9.19. The third-order valence-corrected chi connectivity index (χ3v) is 5.02. The van der Waals surface area contributed by atoms with Gasteiger partial charge in [-0.15, -0.1) is 0 Å². The number of hydrogen-bond donors (Lipinski definition) is 1. The summed E-state index contributed by atoms with van der Waals surface area (Å²) in [5, 5.41) is 3.24. The molecule has 1 amide bonds. The summed E-state index contributed by atoms with van der Waals surface area (Å²) in [5.41, 5.74) is 1.91. The fourth-order valence-electron chi connectivity index (χ4n) is 3.50. The van der Waals surface area contributed by atoms with Crippen LogP contribution in [0.25, 0.3) is 0 Å². The van der Waals surface area contributed by atoms with E-state index in [9.17, 15) is 4.79 Å². The zero-order valence-electron chi connectivity index (χ0n) is 16.2. The monoisotopic (exact) mass is 388 g/mol. The van der Waals surface area contributed by atoms with Crippen molar-refractivity contribution in [3.63, 3.8) is 0 Å². The van der Waals surface area contributed by atoms with E-state index in [4.69, 9.17) is 4.74 Å². The number of pyridine rings is 2. The first-order valence-corrected chi connectivity index (χ1v) is 9.87. The van der Waals surface area contributed by atoms with Crippen LogP contribution in [-0.4, -0.2) is 40.5 Å². The number of likely N-dealkylation sites (tertiary alicyclic amines) is 1. The van der Waals surface area contributed by atoms with Gasteiger partial charge in [-0.25, -0.2) is 4.98 Å². The molecular formula is C23H24N4O2. The highest BCUT2D eigenvalue weighted by atomic mass is 16.5. The van der Waals surface area contributed by atoms with E-state index in [0.717, 1.165) is 36.6 Å². The van der Waals surface area contributed by atoms with Crippen molar-refractivity contribution in [1.82, 2.24) is 14.9 Å². The zero-order valence-corrected chi connectivity index (χ0v) is 16.2. The Kier molecular flexibility index (Phi) is 6.00. The molecule has 2 aromatic heterocycles. The average Bonchev–Trinajstić information content (AvgIpc) is 2.79. The number of nitrogens with one attached hydrogen (secondary N) is 1. The van der Waals surface area contributed by atoms with Crippen LogP contribution in [0.5, 0.6) is 5.75 Å². The van der Waals surface area contributed by atoms with Crippen molar-refractivity contribution in [2.45, 2.75) is 18.8 Å². The molecule has 1 N–H and O–H groups in total. The quantitative estimate of drug-likeness (QED) is 0.691. The summed E-state index contributed by atoms with van der Waals surface area (Å²) in [6.07, 6.45) is 5.57. The third-order valence-electron chi connectivity index (χ3n) is 5.02. The van der Waals surface area contributed by atoms with Crippen molar-refractivity contribution in [2.75, 3.05) is 25.0 Å². The maximum Gasteiger partial charge on any atom is 0.260 e. The van der Waals surface area contributed by atoms with Gasteiger partial charge in [0, 0.05) is 30.9 Å². The van der Waals surface area contributed by atoms with Crippen molar-refractivity contribution in [1.29, 1.82) is 0 Å². The molecule has 0 aliphatic carbocycles. The largest absolute Gasteiger partial charge is 0.484 e. The number of para-hydroxylation sites is 1. The van der Waals surface area contributed by atoms with Crippen molar-refractivity contribution in [3.8, 4) is 5.75 Å². The molecule has 0 bridgehead atoms. The first kappa shape index (κ1) is 18.9. The minimum Gasteiger partial charge on any atom is -0.484 e. The number of carbonyl (C=O) groups excluding carboxylic acids is 1. The highest BCUT2D eigenvalue weighted by Gasteiger charge is 2.25. The molecular weight excluding hydrogens is 364 g/mol. The highest BCUT2D eigenvalue weighted by molar-refractivity contribution is 5.78. The SMILES string of the molecule is O=C(COc1ccccc1)N1CCCC(c2ccc(Nc3ccccn3)cn2)C1. The van der Waals surface area contributed by atoms with E-state index in [2.05, 4.69) is 15.3 Å². The molecule has 6 heteroatoms.